The van der Waals surface area contributed by atoms with Gasteiger partial charge in [0.05, 0.1) is 10.6 Å². The molecule has 18 heavy (non-hydrogen) atoms. The molecule has 94 valence electrons. The quantitative estimate of drug-likeness (QED) is 0.764. The Kier molecular flexibility index (Phi) is 2.52. The summed E-state index contributed by atoms with van der Waals surface area (Å²) in [7, 11) is 0. The fourth-order valence-corrected chi connectivity index (χ4v) is 2.99. The number of aryl methyl sites for hydroxylation is 2. The van der Waals surface area contributed by atoms with Crippen molar-refractivity contribution < 1.29 is 0 Å². The molecule has 0 spiro atoms. The van der Waals surface area contributed by atoms with Gasteiger partial charge in [0.15, 0.2) is 11.5 Å². The van der Waals surface area contributed by atoms with Crippen LogP contribution in [0.4, 0.5) is 0 Å². The Morgan fingerprint density at radius 2 is 2.11 bits per heavy atom. The average Bonchev–Trinajstić information content (AvgIpc) is 2.95. The molecule has 5 heteroatoms. The third-order valence-electron chi connectivity index (χ3n) is 3.09. The molecule has 0 saturated carbocycles. The molecule has 0 aromatic carbocycles. The van der Waals surface area contributed by atoms with Gasteiger partial charge in [-0.15, -0.1) is 11.3 Å². The minimum Gasteiger partial charge on any atom is -0.334 e. The summed E-state index contributed by atoms with van der Waals surface area (Å²) in [5.74, 6) is 0.951. The SMILES string of the molecule is Cc1ccsc1-c1nc2c([nH]1)c(C)nn2C(C)C. The number of aromatic nitrogens is 4. The maximum atomic E-state index is 4.71. The zero-order valence-corrected chi connectivity index (χ0v) is 11.8. The van der Waals surface area contributed by atoms with E-state index in [0.717, 1.165) is 22.7 Å². The van der Waals surface area contributed by atoms with E-state index in [4.69, 9.17) is 4.98 Å². The summed E-state index contributed by atoms with van der Waals surface area (Å²) < 4.78 is 1.98. The maximum Gasteiger partial charge on any atom is 0.177 e. The lowest BCUT2D eigenvalue weighted by Gasteiger charge is -2.04. The molecule has 3 heterocycles. The normalized spacial score (nSPS) is 11.8. The molecule has 0 saturated heterocycles. The predicted octanol–water partition coefficient (Wildman–Crippen LogP) is 3.69. The summed E-state index contributed by atoms with van der Waals surface area (Å²) in [4.78, 5) is 9.32. The predicted molar refractivity (Wildman–Crippen MR) is 75.1 cm³/mol. The first-order chi connectivity index (χ1) is 8.58. The number of imidazole rings is 1. The molecule has 0 aliphatic heterocycles. The Hall–Kier alpha value is -1.62. The van der Waals surface area contributed by atoms with Crippen molar-refractivity contribution in [3.63, 3.8) is 0 Å². The van der Waals surface area contributed by atoms with E-state index in [-0.39, 0.29) is 0 Å². The van der Waals surface area contributed by atoms with Crippen molar-refractivity contribution in [2.24, 2.45) is 0 Å². The number of thiophene rings is 1. The van der Waals surface area contributed by atoms with Crippen LogP contribution in [-0.4, -0.2) is 19.7 Å². The van der Waals surface area contributed by atoms with Crippen molar-refractivity contribution in [1.29, 1.82) is 0 Å². The molecule has 3 rings (SSSR count). The smallest absolute Gasteiger partial charge is 0.177 e. The Balaban J connectivity index is 2.23. The Morgan fingerprint density at radius 3 is 2.72 bits per heavy atom. The van der Waals surface area contributed by atoms with E-state index in [0.29, 0.717) is 6.04 Å². The first kappa shape index (κ1) is 11.5. The van der Waals surface area contributed by atoms with Crippen LogP contribution >= 0.6 is 11.3 Å². The van der Waals surface area contributed by atoms with Crippen LogP contribution in [0.5, 0.6) is 0 Å². The van der Waals surface area contributed by atoms with Gasteiger partial charge in [0.1, 0.15) is 5.52 Å². The molecular weight excluding hydrogens is 244 g/mol. The molecule has 0 aliphatic rings. The molecule has 0 unspecified atom stereocenters. The number of hydrogen-bond donors (Lipinski definition) is 1. The third-order valence-corrected chi connectivity index (χ3v) is 4.11. The molecule has 3 aromatic heterocycles. The van der Waals surface area contributed by atoms with Crippen molar-refractivity contribution in [2.75, 3.05) is 0 Å². The van der Waals surface area contributed by atoms with Gasteiger partial charge in [-0.2, -0.15) is 5.10 Å². The summed E-state index contributed by atoms with van der Waals surface area (Å²) in [6.45, 7) is 8.37. The summed E-state index contributed by atoms with van der Waals surface area (Å²) in [6.07, 6.45) is 0. The van der Waals surface area contributed by atoms with E-state index >= 15 is 0 Å². The van der Waals surface area contributed by atoms with Crippen LogP contribution in [0.1, 0.15) is 31.1 Å². The van der Waals surface area contributed by atoms with Gasteiger partial charge in [-0.3, -0.25) is 0 Å². The highest BCUT2D eigenvalue weighted by atomic mass is 32.1. The Labute approximate surface area is 110 Å². The van der Waals surface area contributed by atoms with Gasteiger partial charge in [0, 0.05) is 6.04 Å². The van der Waals surface area contributed by atoms with Crippen molar-refractivity contribution in [3.05, 3.63) is 22.7 Å². The Morgan fingerprint density at radius 1 is 1.33 bits per heavy atom. The van der Waals surface area contributed by atoms with Gasteiger partial charge in [-0.1, -0.05) is 0 Å². The van der Waals surface area contributed by atoms with E-state index in [1.165, 1.54) is 10.4 Å². The van der Waals surface area contributed by atoms with Crippen LogP contribution in [0.2, 0.25) is 0 Å². The standard InChI is InChI=1S/C13H16N4S/c1-7(2)17-13-10(9(4)16-17)14-12(15-13)11-8(3)5-6-18-11/h5-7H,1-4H3,(H,14,15). The van der Waals surface area contributed by atoms with Crippen molar-refractivity contribution >= 4 is 22.5 Å². The molecule has 4 nitrogen and oxygen atoms in total. The van der Waals surface area contributed by atoms with Crippen LogP contribution in [0.3, 0.4) is 0 Å². The average molecular weight is 260 g/mol. The molecule has 0 bridgehead atoms. The van der Waals surface area contributed by atoms with Crippen LogP contribution in [0, 0.1) is 13.8 Å². The highest BCUT2D eigenvalue weighted by Gasteiger charge is 2.16. The van der Waals surface area contributed by atoms with Gasteiger partial charge in [0.2, 0.25) is 0 Å². The van der Waals surface area contributed by atoms with Gasteiger partial charge < -0.3 is 4.98 Å². The second-order valence-corrected chi connectivity index (χ2v) is 5.76. The molecule has 0 atom stereocenters. The van der Waals surface area contributed by atoms with Crippen molar-refractivity contribution in [2.45, 2.75) is 33.7 Å². The highest BCUT2D eigenvalue weighted by Crippen LogP contribution is 2.29. The minimum atomic E-state index is 0.321. The molecule has 0 amide bonds. The lowest BCUT2D eigenvalue weighted by molar-refractivity contribution is 0.543. The van der Waals surface area contributed by atoms with E-state index < -0.39 is 0 Å². The van der Waals surface area contributed by atoms with Gasteiger partial charge >= 0.3 is 0 Å². The maximum absolute atomic E-state index is 4.71. The van der Waals surface area contributed by atoms with Gasteiger partial charge in [-0.05, 0) is 44.7 Å². The molecule has 1 N–H and O–H groups in total. The molecular formula is C13H16N4S. The number of nitrogens with one attached hydrogen (secondary N) is 1. The summed E-state index contributed by atoms with van der Waals surface area (Å²) >= 11 is 1.72. The number of aromatic amines is 1. The number of nitrogens with zero attached hydrogens (tertiary/aromatic N) is 3. The molecule has 0 aliphatic carbocycles. The second kappa shape index (κ2) is 3.95. The van der Waals surface area contributed by atoms with Gasteiger partial charge in [0.25, 0.3) is 0 Å². The van der Waals surface area contributed by atoms with Crippen molar-refractivity contribution in [3.8, 4) is 10.7 Å². The Bertz CT molecular complexity index is 702. The van der Waals surface area contributed by atoms with Crippen LogP contribution < -0.4 is 0 Å². The number of rotatable bonds is 2. The third kappa shape index (κ3) is 1.58. The minimum absolute atomic E-state index is 0.321. The summed E-state index contributed by atoms with van der Waals surface area (Å²) in [5.41, 5.74) is 4.27. The fourth-order valence-electron chi connectivity index (χ4n) is 2.12. The number of hydrogen-bond acceptors (Lipinski definition) is 3. The largest absolute Gasteiger partial charge is 0.334 e. The summed E-state index contributed by atoms with van der Waals surface area (Å²) in [5, 5.41) is 6.62. The first-order valence-corrected chi connectivity index (χ1v) is 6.95. The second-order valence-electron chi connectivity index (χ2n) is 4.84. The molecule has 3 aromatic rings. The van der Waals surface area contributed by atoms with E-state index in [9.17, 15) is 0 Å². The topological polar surface area (TPSA) is 46.5 Å². The monoisotopic (exact) mass is 260 g/mol. The fraction of sp³-hybridized carbons (Fsp3) is 0.385. The first-order valence-electron chi connectivity index (χ1n) is 6.07. The van der Waals surface area contributed by atoms with E-state index in [2.05, 4.69) is 42.3 Å². The van der Waals surface area contributed by atoms with Crippen molar-refractivity contribution in [1.82, 2.24) is 19.7 Å². The van der Waals surface area contributed by atoms with Crippen LogP contribution in [0.25, 0.3) is 21.9 Å². The van der Waals surface area contributed by atoms with Gasteiger partial charge in [-0.25, -0.2) is 9.67 Å². The van der Waals surface area contributed by atoms with E-state index in [1.807, 2.05) is 11.6 Å². The number of H-pyrrole nitrogens is 1. The summed E-state index contributed by atoms with van der Waals surface area (Å²) in [6, 6.07) is 2.44. The van der Waals surface area contributed by atoms with Crippen LogP contribution in [0.15, 0.2) is 11.4 Å². The lowest BCUT2D eigenvalue weighted by atomic mass is 10.3. The number of fused-ring (bicyclic) bond motifs is 1. The zero-order chi connectivity index (χ0) is 12.9. The molecule has 0 radical (unpaired) electrons. The molecule has 0 fully saturated rings. The van der Waals surface area contributed by atoms with E-state index in [1.54, 1.807) is 11.3 Å². The zero-order valence-electron chi connectivity index (χ0n) is 11.0. The lowest BCUT2D eigenvalue weighted by Crippen LogP contribution is -2.03. The van der Waals surface area contributed by atoms with Crippen LogP contribution in [-0.2, 0) is 0 Å². The highest BCUT2D eigenvalue weighted by molar-refractivity contribution is 7.13.